The smallest absolute Gasteiger partial charge is 0.119 e. The highest BCUT2D eigenvalue weighted by Gasteiger charge is 2.11. The van der Waals surface area contributed by atoms with Crippen molar-refractivity contribution in [3.8, 4) is 5.75 Å². The minimum absolute atomic E-state index is 0.374. The second-order valence-corrected chi connectivity index (χ2v) is 6.96. The standard InChI is InChI=1S/C19H27NO/c1-14(20-11-10-19(2,3)4)15-6-7-17-13-18(21-5)9-8-16(17)12-15/h6-9,12-14,20H,10-11H2,1-5H3. The van der Waals surface area contributed by atoms with E-state index in [2.05, 4.69) is 63.3 Å². The molecule has 2 nitrogen and oxygen atoms in total. The normalized spacial score (nSPS) is 13.4. The zero-order valence-corrected chi connectivity index (χ0v) is 13.9. The molecule has 2 aromatic rings. The number of benzene rings is 2. The van der Waals surface area contributed by atoms with E-state index in [1.54, 1.807) is 7.11 Å². The second-order valence-electron chi connectivity index (χ2n) is 6.96. The maximum atomic E-state index is 5.27. The van der Waals surface area contributed by atoms with Gasteiger partial charge in [0.05, 0.1) is 7.11 Å². The molecular formula is C19H27NO. The summed E-state index contributed by atoms with van der Waals surface area (Å²) in [4.78, 5) is 0. The molecule has 21 heavy (non-hydrogen) atoms. The highest BCUT2D eigenvalue weighted by atomic mass is 16.5. The molecule has 0 amide bonds. The Morgan fingerprint density at radius 1 is 1.05 bits per heavy atom. The van der Waals surface area contributed by atoms with Crippen LogP contribution in [0.2, 0.25) is 0 Å². The van der Waals surface area contributed by atoms with Crippen molar-refractivity contribution in [1.82, 2.24) is 5.32 Å². The third-order valence-corrected chi connectivity index (χ3v) is 3.90. The van der Waals surface area contributed by atoms with E-state index >= 15 is 0 Å². The molecule has 0 saturated carbocycles. The molecule has 0 aliphatic rings. The summed E-state index contributed by atoms with van der Waals surface area (Å²) in [5.41, 5.74) is 1.72. The first-order valence-corrected chi connectivity index (χ1v) is 7.70. The monoisotopic (exact) mass is 285 g/mol. The fourth-order valence-corrected chi connectivity index (χ4v) is 2.42. The van der Waals surface area contributed by atoms with E-state index in [0.29, 0.717) is 11.5 Å². The quantitative estimate of drug-likeness (QED) is 0.840. The highest BCUT2D eigenvalue weighted by Crippen LogP contribution is 2.24. The van der Waals surface area contributed by atoms with Crippen LogP contribution in [0.4, 0.5) is 0 Å². The second kappa shape index (κ2) is 6.48. The molecule has 2 heteroatoms. The van der Waals surface area contributed by atoms with Gasteiger partial charge in [-0.2, -0.15) is 0 Å². The van der Waals surface area contributed by atoms with Crippen LogP contribution in [0.15, 0.2) is 36.4 Å². The van der Waals surface area contributed by atoms with Crippen LogP contribution >= 0.6 is 0 Å². The van der Waals surface area contributed by atoms with Crippen molar-refractivity contribution in [2.24, 2.45) is 5.41 Å². The van der Waals surface area contributed by atoms with Crippen LogP contribution in [0.25, 0.3) is 10.8 Å². The van der Waals surface area contributed by atoms with Gasteiger partial charge in [0.15, 0.2) is 0 Å². The summed E-state index contributed by atoms with van der Waals surface area (Å²) in [6.07, 6.45) is 1.18. The maximum Gasteiger partial charge on any atom is 0.119 e. The van der Waals surface area contributed by atoms with E-state index in [4.69, 9.17) is 4.74 Å². The van der Waals surface area contributed by atoms with Gasteiger partial charge < -0.3 is 10.1 Å². The van der Waals surface area contributed by atoms with Crippen molar-refractivity contribution in [2.45, 2.75) is 40.2 Å². The number of nitrogens with one attached hydrogen (secondary N) is 1. The minimum atomic E-state index is 0.374. The summed E-state index contributed by atoms with van der Waals surface area (Å²) in [5, 5.41) is 6.10. The molecule has 0 aliphatic carbocycles. The average molecular weight is 285 g/mol. The van der Waals surface area contributed by atoms with Crippen molar-refractivity contribution < 1.29 is 4.74 Å². The maximum absolute atomic E-state index is 5.27. The number of methoxy groups -OCH3 is 1. The first-order valence-electron chi connectivity index (χ1n) is 7.70. The Bertz CT molecular complexity index is 598. The van der Waals surface area contributed by atoms with E-state index in [9.17, 15) is 0 Å². The summed E-state index contributed by atoms with van der Waals surface area (Å²) in [6, 6.07) is 13.2. The highest BCUT2D eigenvalue weighted by molar-refractivity contribution is 5.84. The van der Waals surface area contributed by atoms with E-state index in [-0.39, 0.29) is 0 Å². The van der Waals surface area contributed by atoms with Crippen molar-refractivity contribution >= 4 is 10.8 Å². The summed E-state index contributed by atoms with van der Waals surface area (Å²) < 4.78 is 5.27. The molecule has 0 aromatic heterocycles. The number of hydrogen-bond acceptors (Lipinski definition) is 2. The molecule has 0 fully saturated rings. The average Bonchev–Trinajstić information content (AvgIpc) is 2.44. The Hall–Kier alpha value is -1.54. The molecule has 0 bridgehead atoms. The van der Waals surface area contributed by atoms with Crippen molar-refractivity contribution in [3.63, 3.8) is 0 Å². The Morgan fingerprint density at radius 3 is 2.38 bits per heavy atom. The Morgan fingerprint density at radius 2 is 1.71 bits per heavy atom. The van der Waals surface area contributed by atoms with Gasteiger partial charge in [-0.05, 0) is 59.8 Å². The molecule has 1 N–H and O–H groups in total. The summed E-state index contributed by atoms with van der Waals surface area (Å²) >= 11 is 0. The van der Waals surface area contributed by atoms with E-state index in [1.807, 2.05) is 6.07 Å². The zero-order chi connectivity index (χ0) is 15.5. The van der Waals surface area contributed by atoms with E-state index in [1.165, 1.54) is 22.8 Å². The van der Waals surface area contributed by atoms with Gasteiger partial charge in [0.2, 0.25) is 0 Å². The van der Waals surface area contributed by atoms with Crippen molar-refractivity contribution in [3.05, 3.63) is 42.0 Å². The largest absolute Gasteiger partial charge is 0.497 e. The molecule has 0 saturated heterocycles. The van der Waals surface area contributed by atoms with Gasteiger partial charge in [0.1, 0.15) is 5.75 Å². The van der Waals surface area contributed by atoms with Gasteiger partial charge in [0.25, 0.3) is 0 Å². The molecule has 0 radical (unpaired) electrons. The Balaban J connectivity index is 2.08. The number of ether oxygens (including phenoxy) is 1. The summed E-state index contributed by atoms with van der Waals surface area (Å²) in [7, 11) is 1.71. The first-order chi connectivity index (χ1) is 9.89. The Labute approximate surface area is 128 Å². The van der Waals surface area contributed by atoms with Crippen molar-refractivity contribution in [1.29, 1.82) is 0 Å². The predicted octanol–water partition coefficient (Wildman–Crippen LogP) is 4.94. The van der Waals surface area contributed by atoms with Crippen LogP contribution in [0.5, 0.6) is 5.75 Å². The molecule has 114 valence electrons. The first kappa shape index (κ1) is 15.8. The number of hydrogen-bond donors (Lipinski definition) is 1. The van der Waals surface area contributed by atoms with Gasteiger partial charge in [0, 0.05) is 6.04 Å². The summed E-state index contributed by atoms with van der Waals surface area (Å²) in [6.45, 7) is 10.1. The zero-order valence-electron chi connectivity index (χ0n) is 13.9. The summed E-state index contributed by atoms with van der Waals surface area (Å²) in [5.74, 6) is 0.909. The fourth-order valence-electron chi connectivity index (χ4n) is 2.42. The van der Waals surface area contributed by atoms with Crippen LogP contribution in [0, 0.1) is 5.41 Å². The van der Waals surface area contributed by atoms with Gasteiger partial charge >= 0.3 is 0 Å². The predicted molar refractivity (Wildman–Crippen MR) is 91.0 cm³/mol. The SMILES string of the molecule is COc1ccc2cc(C(C)NCCC(C)(C)C)ccc2c1. The van der Waals surface area contributed by atoms with Crippen LogP contribution in [0.1, 0.15) is 45.7 Å². The van der Waals surface area contributed by atoms with Gasteiger partial charge in [-0.3, -0.25) is 0 Å². The molecule has 1 atom stereocenters. The van der Waals surface area contributed by atoms with Gasteiger partial charge in [-0.1, -0.05) is 39.0 Å². The molecule has 1 unspecified atom stereocenters. The van der Waals surface area contributed by atoms with Gasteiger partial charge in [-0.15, -0.1) is 0 Å². The van der Waals surface area contributed by atoms with E-state index < -0.39 is 0 Å². The molecule has 0 heterocycles. The topological polar surface area (TPSA) is 21.3 Å². The van der Waals surface area contributed by atoms with Crippen LogP contribution in [0.3, 0.4) is 0 Å². The lowest BCUT2D eigenvalue weighted by atomic mass is 9.92. The van der Waals surface area contributed by atoms with Crippen LogP contribution in [-0.2, 0) is 0 Å². The molecule has 0 aliphatic heterocycles. The van der Waals surface area contributed by atoms with E-state index in [0.717, 1.165) is 12.3 Å². The number of fused-ring (bicyclic) bond motifs is 1. The molecule has 2 aromatic carbocycles. The lowest BCUT2D eigenvalue weighted by molar-refractivity contribution is 0.358. The number of rotatable bonds is 5. The Kier molecular flexibility index (Phi) is 4.89. The molecule has 2 rings (SSSR count). The third-order valence-electron chi connectivity index (χ3n) is 3.90. The minimum Gasteiger partial charge on any atom is -0.497 e. The lowest BCUT2D eigenvalue weighted by Gasteiger charge is -2.21. The molecule has 0 spiro atoms. The third kappa shape index (κ3) is 4.47. The lowest BCUT2D eigenvalue weighted by Crippen LogP contribution is -2.23. The van der Waals surface area contributed by atoms with Gasteiger partial charge in [-0.25, -0.2) is 0 Å². The van der Waals surface area contributed by atoms with Crippen molar-refractivity contribution in [2.75, 3.05) is 13.7 Å². The fraction of sp³-hybridized carbons (Fsp3) is 0.474. The van der Waals surface area contributed by atoms with Crippen LogP contribution < -0.4 is 10.1 Å². The molecular weight excluding hydrogens is 258 g/mol. The van der Waals surface area contributed by atoms with Crippen LogP contribution in [-0.4, -0.2) is 13.7 Å².